The lowest BCUT2D eigenvalue weighted by Gasteiger charge is -2.05. The highest BCUT2D eigenvalue weighted by Crippen LogP contribution is 2.09. The Morgan fingerprint density at radius 2 is 2.12 bits per heavy atom. The first-order valence-corrected chi connectivity index (χ1v) is 5.95. The fourth-order valence-electron chi connectivity index (χ4n) is 1.07. The van der Waals surface area contributed by atoms with Gasteiger partial charge in [0, 0.05) is 12.0 Å². The maximum atomic E-state index is 11.3. The number of carbonyl (C=O) groups excluding carboxylic acids is 1. The number of rotatable bonds is 8. The molecule has 0 atom stereocenters. The van der Waals surface area contributed by atoms with Crippen LogP contribution in [0.15, 0.2) is 17.5 Å². The van der Waals surface area contributed by atoms with Gasteiger partial charge in [-0.1, -0.05) is 6.07 Å². The van der Waals surface area contributed by atoms with Crippen molar-refractivity contribution in [2.24, 2.45) is 0 Å². The summed E-state index contributed by atoms with van der Waals surface area (Å²) < 4.78 is 15.0. The van der Waals surface area contributed by atoms with Crippen molar-refractivity contribution in [3.05, 3.63) is 22.4 Å². The number of esters is 1. The number of ether oxygens (including phenoxy) is 3. The quantitative estimate of drug-likeness (QED) is 0.513. The van der Waals surface area contributed by atoms with Crippen LogP contribution in [0.5, 0.6) is 0 Å². The molecule has 1 heterocycles. The van der Waals surface area contributed by atoms with E-state index in [-0.39, 0.29) is 5.97 Å². The molecule has 5 heteroatoms. The third-order valence-electron chi connectivity index (χ3n) is 1.82. The van der Waals surface area contributed by atoms with Gasteiger partial charge in [0.05, 0.1) is 26.2 Å². The SMILES string of the molecule is COCCOCCOC(=O)Cc1cccs1. The Balaban J connectivity index is 1.98. The second-order valence-corrected chi connectivity index (χ2v) is 4.11. The number of carbonyl (C=O) groups is 1. The third-order valence-corrected chi connectivity index (χ3v) is 2.70. The van der Waals surface area contributed by atoms with Gasteiger partial charge in [0.15, 0.2) is 0 Å². The summed E-state index contributed by atoms with van der Waals surface area (Å²) in [5.74, 6) is -0.210. The molecule has 0 radical (unpaired) electrons. The lowest BCUT2D eigenvalue weighted by Crippen LogP contribution is -2.13. The summed E-state index contributed by atoms with van der Waals surface area (Å²) in [4.78, 5) is 12.3. The number of hydrogen-bond donors (Lipinski definition) is 0. The fraction of sp³-hybridized carbons (Fsp3) is 0.545. The molecule has 0 spiro atoms. The minimum Gasteiger partial charge on any atom is -0.463 e. The lowest BCUT2D eigenvalue weighted by molar-refractivity contribution is -0.144. The number of hydrogen-bond acceptors (Lipinski definition) is 5. The fourth-order valence-corrected chi connectivity index (χ4v) is 1.76. The van der Waals surface area contributed by atoms with Crippen molar-refractivity contribution >= 4 is 17.3 Å². The zero-order valence-electron chi connectivity index (χ0n) is 9.31. The van der Waals surface area contributed by atoms with E-state index in [0.717, 1.165) is 4.88 Å². The smallest absolute Gasteiger partial charge is 0.311 e. The highest BCUT2D eigenvalue weighted by atomic mass is 32.1. The molecule has 1 aromatic heterocycles. The van der Waals surface area contributed by atoms with E-state index in [1.165, 1.54) is 0 Å². The average molecular weight is 244 g/mol. The van der Waals surface area contributed by atoms with Gasteiger partial charge < -0.3 is 14.2 Å². The molecule has 16 heavy (non-hydrogen) atoms. The van der Waals surface area contributed by atoms with Crippen LogP contribution in [-0.2, 0) is 25.4 Å². The van der Waals surface area contributed by atoms with Crippen LogP contribution in [0, 0.1) is 0 Å². The molecule has 0 aliphatic carbocycles. The largest absolute Gasteiger partial charge is 0.463 e. The molecule has 0 amide bonds. The van der Waals surface area contributed by atoms with Crippen LogP contribution in [0.4, 0.5) is 0 Å². The van der Waals surface area contributed by atoms with Crippen LogP contribution in [-0.4, -0.2) is 39.5 Å². The predicted molar refractivity (Wildman–Crippen MR) is 61.7 cm³/mol. The van der Waals surface area contributed by atoms with Crippen LogP contribution in [0.3, 0.4) is 0 Å². The molecule has 0 N–H and O–H groups in total. The second kappa shape index (κ2) is 8.27. The minimum atomic E-state index is -0.210. The minimum absolute atomic E-state index is 0.210. The number of thiophene rings is 1. The molecule has 1 aromatic rings. The topological polar surface area (TPSA) is 44.8 Å². The van der Waals surface area contributed by atoms with Gasteiger partial charge in [-0.05, 0) is 11.4 Å². The van der Waals surface area contributed by atoms with Crippen molar-refractivity contribution in [3.8, 4) is 0 Å². The van der Waals surface area contributed by atoms with Gasteiger partial charge in [0.2, 0.25) is 0 Å². The van der Waals surface area contributed by atoms with Crippen molar-refractivity contribution in [1.82, 2.24) is 0 Å². The van der Waals surface area contributed by atoms with E-state index in [1.54, 1.807) is 18.4 Å². The molecule has 0 fully saturated rings. The van der Waals surface area contributed by atoms with E-state index >= 15 is 0 Å². The van der Waals surface area contributed by atoms with Crippen LogP contribution in [0.25, 0.3) is 0 Å². The summed E-state index contributed by atoms with van der Waals surface area (Å²) >= 11 is 1.55. The molecular formula is C11H16O4S. The molecule has 4 nitrogen and oxygen atoms in total. The van der Waals surface area contributed by atoms with Crippen LogP contribution < -0.4 is 0 Å². The van der Waals surface area contributed by atoms with Gasteiger partial charge in [-0.25, -0.2) is 0 Å². The second-order valence-electron chi connectivity index (χ2n) is 3.08. The van der Waals surface area contributed by atoms with Crippen LogP contribution in [0.2, 0.25) is 0 Å². The summed E-state index contributed by atoms with van der Waals surface area (Å²) in [6.45, 7) is 1.80. The summed E-state index contributed by atoms with van der Waals surface area (Å²) in [5.41, 5.74) is 0. The van der Waals surface area contributed by atoms with E-state index < -0.39 is 0 Å². The van der Waals surface area contributed by atoms with E-state index in [2.05, 4.69) is 0 Å². The van der Waals surface area contributed by atoms with Crippen molar-refractivity contribution < 1.29 is 19.0 Å². The summed E-state index contributed by atoms with van der Waals surface area (Å²) in [5, 5.41) is 1.94. The Morgan fingerprint density at radius 1 is 1.31 bits per heavy atom. The average Bonchev–Trinajstić information content (AvgIpc) is 2.76. The van der Waals surface area contributed by atoms with Crippen molar-refractivity contribution in [1.29, 1.82) is 0 Å². The van der Waals surface area contributed by atoms with E-state index in [4.69, 9.17) is 14.2 Å². The highest BCUT2D eigenvalue weighted by Gasteiger charge is 2.04. The first kappa shape index (κ1) is 13.2. The monoisotopic (exact) mass is 244 g/mol. The molecule has 0 bridgehead atoms. The van der Waals surface area contributed by atoms with E-state index in [0.29, 0.717) is 32.8 Å². The van der Waals surface area contributed by atoms with Crippen molar-refractivity contribution in [2.75, 3.05) is 33.5 Å². The van der Waals surface area contributed by atoms with Crippen LogP contribution >= 0.6 is 11.3 Å². The van der Waals surface area contributed by atoms with Crippen molar-refractivity contribution in [2.45, 2.75) is 6.42 Å². The van der Waals surface area contributed by atoms with Gasteiger partial charge >= 0.3 is 5.97 Å². The molecule has 0 aliphatic heterocycles. The molecule has 0 saturated heterocycles. The van der Waals surface area contributed by atoms with Gasteiger partial charge in [0.1, 0.15) is 6.61 Å². The summed E-state index contributed by atoms with van der Waals surface area (Å²) in [6, 6.07) is 3.84. The van der Waals surface area contributed by atoms with E-state index in [1.807, 2.05) is 17.5 Å². The van der Waals surface area contributed by atoms with E-state index in [9.17, 15) is 4.79 Å². The molecule has 0 aliphatic rings. The Kier molecular flexibility index (Phi) is 6.80. The Labute approximate surface area is 99.1 Å². The molecule has 1 rings (SSSR count). The molecular weight excluding hydrogens is 228 g/mol. The zero-order chi connectivity index (χ0) is 11.6. The van der Waals surface area contributed by atoms with Gasteiger partial charge in [-0.3, -0.25) is 4.79 Å². The maximum absolute atomic E-state index is 11.3. The molecule has 0 aromatic carbocycles. The Bertz CT molecular complexity index is 284. The lowest BCUT2D eigenvalue weighted by atomic mass is 10.3. The standard InChI is InChI=1S/C11H16O4S/c1-13-4-5-14-6-7-15-11(12)9-10-3-2-8-16-10/h2-3,8H,4-7,9H2,1H3. The Hall–Kier alpha value is -0.910. The normalized spacial score (nSPS) is 10.3. The zero-order valence-corrected chi connectivity index (χ0v) is 10.1. The highest BCUT2D eigenvalue weighted by molar-refractivity contribution is 7.10. The maximum Gasteiger partial charge on any atom is 0.311 e. The molecule has 0 saturated carbocycles. The van der Waals surface area contributed by atoms with Crippen LogP contribution in [0.1, 0.15) is 4.88 Å². The summed E-state index contributed by atoms with van der Waals surface area (Å²) in [7, 11) is 1.62. The molecule has 0 unspecified atom stereocenters. The predicted octanol–water partition coefficient (Wildman–Crippen LogP) is 1.50. The third kappa shape index (κ3) is 5.85. The van der Waals surface area contributed by atoms with Gasteiger partial charge in [-0.15, -0.1) is 11.3 Å². The Morgan fingerprint density at radius 3 is 2.81 bits per heavy atom. The molecule has 90 valence electrons. The van der Waals surface area contributed by atoms with Crippen molar-refractivity contribution in [3.63, 3.8) is 0 Å². The summed E-state index contributed by atoms with van der Waals surface area (Å²) in [6.07, 6.45) is 0.343. The first-order chi connectivity index (χ1) is 7.83. The number of methoxy groups -OCH3 is 1. The first-order valence-electron chi connectivity index (χ1n) is 5.07. The van der Waals surface area contributed by atoms with Gasteiger partial charge in [0.25, 0.3) is 0 Å². The van der Waals surface area contributed by atoms with Gasteiger partial charge in [-0.2, -0.15) is 0 Å².